The third-order valence-corrected chi connectivity index (χ3v) is 3.91. The zero-order valence-electron chi connectivity index (χ0n) is 14.3. The molecular weight excluding hydrogens is 386 g/mol. The summed E-state index contributed by atoms with van der Waals surface area (Å²) >= 11 is 0. The predicted octanol–water partition coefficient (Wildman–Crippen LogP) is 5.86. The van der Waals surface area contributed by atoms with Gasteiger partial charge in [0.15, 0.2) is 11.6 Å². The van der Waals surface area contributed by atoms with Crippen molar-refractivity contribution in [1.29, 1.82) is 0 Å². The van der Waals surface area contributed by atoms with E-state index < -0.39 is 23.5 Å². The standard InChI is InChI=1S/C19H12F6N2O/c1-28-15-10-26-17(11-5-7-13(8-6-11)18(20,21)22)27-16(15)12-3-2-4-14(9-12)19(23,24)25/h2-10H,1H3. The Morgan fingerprint density at radius 3 is 2.00 bits per heavy atom. The van der Waals surface area contributed by atoms with Gasteiger partial charge >= 0.3 is 12.4 Å². The van der Waals surface area contributed by atoms with E-state index in [4.69, 9.17) is 4.74 Å². The number of benzene rings is 2. The van der Waals surface area contributed by atoms with Crippen LogP contribution in [0.3, 0.4) is 0 Å². The van der Waals surface area contributed by atoms with Crippen molar-refractivity contribution in [3.63, 3.8) is 0 Å². The summed E-state index contributed by atoms with van der Waals surface area (Å²) in [5.74, 6) is 0.192. The summed E-state index contributed by atoms with van der Waals surface area (Å²) in [4.78, 5) is 8.24. The molecule has 0 aliphatic heterocycles. The van der Waals surface area contributed by atoms with Gasteiger partial charge in [0, 0.05) is 11.1 Å². The number of hydrogen-bond acceptors (Lipinski definition) is 3. The monoisotopic (exact) mass is 398 g/mol. The Balaban J connectivity index is 2.06. The van der Waals surface area contributed by atoms with Crippen LogP contribution in [0.2, 0.25) is 0 Å². The first kappa shape index (κ1) is 19.7. The molecule has 0 amide bonds. The van der Waals surface area contributed by atoms with Gasteiger partial charge in [-0.25, -0.2) is 9.97 Å². The molecule has 0 saturated heterocycles. The smallest absolute Gasteiger partial charge is 0.416 e. The first-order chi connectivity index (χ1) is 13.1. The van der Waals surface area contributed by atoms with Gasteiger partial charge in [-0.15, -0.1) is 0 Å². The summed E-state index contributed by atoms with van der Waals surface area (Å²) in [6.07, 6.45) is -7.76. The average Bonchev–Trinajstić information content (AvgIpc) is 2.66. The van der Waals surface area contributed by atoms with Crippen LogP contribution in [0.1, 0.15) is 11.1 Å². The van der Waals surface area contributed by atoms with Crippen molar-refractivity contribution in [1.82, 2.24) is 9.97 Å². The summed E-state index contributed by atoms with van der Waals surface area (Å²) < 4.78 is 82.2. The number of aromatic nitrogens is 2. The lowest BCUT2D eigenvalue weighted by molar-refractivity contribution is -0.138. The van der Waals surface area contributed by atoms with Crippen molar-refractivity contribution in [2.45, 2.75) is 12.4 Å². The molecule has 3 nitrogen and oxygen atoms in total. The van der Waals surface area contributed by atoms with Gasteiger partial charge in [0.25, 0.3) is 0 Å². The fraction of sp³-hybridized carbons (Fsp3) is 0.158. The third-order valence-electron chi connectivity index (χ3n) is 3.91. The maximum absolute atomic E-state index is 13.0. The lowest BCUT2D eigenvalue weighted by Crippen LogP contribution is -2.05. The fourth-order valence-corrected chi connectivity index (χ4v) is 2.52. The van der Waals surface area contributed by atoms with Gasteiger partial charge in [0.1, 0.15) is 5.69 Å². The number of hydrogen-bond donors (Lipinski definition) is 0. The molecular formula is C19H12F6N2O. The molecule has 1 heterocycles. The summed E-state index contributed by atoms with van der Waals surface area (Å²) in [5.41, 5.74) is -1.17. The Bertz CT molecular complexity index is 981. The van der Waals surface area contributed by atoms with Crippen molar-refractivity contribution >= 4 is 0 Å². The molecule has 0 fully saturated rings. The summed E-state index contributed by atoms with van der Waals surface area (Å²) in [6, 6.07) is 8.66. The van der Waals surface area contributed by atoms with E-state index in [0.29, 0.717) is 0 Å². The van der Waals surface area contributed by atoms with Gasteiger partial charge in [-0.2, -0.15) is 26.3 Å². The topological polar surface area (TPSA) is 35.0 Å². The highest BCUT2D eigenvalue weighted by atomic mass is 19.4. The van der Waals surface area contributed by atoms with Crippen LogP contribution in [0, 0.1) is 0 Å². The van der Waals surface area contributed by atoms with E-state index in [1.807, 2.05) is 0 Å². The molecule has 0 aliphatic rings. The van der Waals surface area contributed by atoms with Gasteiger partial charge in [0.2, 0.25) is 0 Å². The minimum atomic E-state index is -4.54. The molecule has 0 radical (unpaired) electrons. The minimum Gasteiger partial charge on any atom is -0.493 e. The first-order valence-corrected chi connectivity index (χ1v) is 7.86. The van der Waals surface area contributed by atoms with Crippen molar-refractivity contribution in [3.8, 4) is 28.4 Å². The maximum atomic E-state index is 13.0. The number of methoxy groups -OCH3 is 1. The Hall–Kier alpha value is -3.10. The van der Waals surface area contributed by atoms with E-state index >= 15 is 0 Å². The molecule has 3 aromatic rings. The van der Waals surface area contributed by atoms with Crippen molar-refractivity contribution < 1.29 is 31.1 Å². The van der Waals surface area contributed by atoms with E-state index in [0.717, 1.165) is 24.3 Å². The molecule has 0 spiro atoms. The molecule has 0 bridgehead atoms. The van der Waals surface area contributed by atoms with Crippen LogP contribution in [-0.4, -0.2) is 17.1 Å². The molecule has 2 aromatic carbocycles. The predicted molar refractivity (Wildman–Crippen MR) is 89.5 cm³/mol. The Kier molecular flexibility index (Phi) is 5.01. The van der Waals surface area contributed by atoms with Gasteiger partial charge < -0.3 is 4.74 Å². The quantitative estimate of drug-likeness (QED) is 0.519. The lowest BCUT2D eigenvalue weighted by Gasteiger charge is -2.12. The second-order valence-electron chi connectivity index (χ2n) is 5.76. The van der Waals surface area contributed by atoms with Crippen LogP contribution in [0.25, 0.3) is 22.6 Å². The van der Waals surface area contributed by atoms with E-state index in [-0.39, 0.29) is 28.4 Å². The molecule has 0 atom stereocenters. The zero-order valence-corrected chi connectivity index (χ0v) is 14.3. The van der Waals surface area contributed by atoms with Crippen molar-refractivity contribution in [3.05, 3.63) is 65.9 Å². The number of rotatable bonds is 3. The molecule has 0 N–H and O–H groups in total. The number of alkyl halides is 6. The van der Waals surface area contributed by atoms with Crippen LogP contribution in [0.15, 0.2) is 54.7 Å². The molecule has 1 aromatic heterocycles. The van der Waals surface area contributed by atoms with Crippen LogP contribution in [0.4, 0.5) is 26.3 Å². The first-order valence-electron chi connectivity index (χ1n) is 7.86. The molecule has 9 heteroatoms. The van der Waals surface area contributed by atoms with Crippen LogP contribution in [-0.2, 0) is 12.4 Å². The summed E-state index contributed by atoms with van der Waals surface area (Å²) in [5, 5.41) is 0. The Morgan fingerprint density at radius 1 is 0.786 bits per heavy atom. The molecule has 28 heavy (non-hydrogen) atoms. The Labute approximate surface area is 155 Å². The van der Waals surface area contributed by atoms with E-state index in [2.05, 4.69) is 9.97 Å². The number of halogens is 6. The van der Waals surface area contributed by atoms with Gasteiger partial charge in [-0.1, -0.05) is 24.3 Å². The van der Waals surface area contributed by atoms with Gasteiger partial charge in [0.05, 0.1) is 24.4 Å². The van der Waals surface area contributed by atoms with Crippen molar-refractivity contribution in [2.24, 2.45) is 0 Å². The highest BCUT2D eigenvalue weighted by Crippen LogP contribution is 2.35. The molecule has 146 valence electrons. The van der Waals surface area contributed by atoms with Gasteiger partial charge in [-0.05, 0) is 24.3 Å². The number of ether oxygens (including phenoxy) is 1. The highest BCUT2D eigenvalue weighted by molar-refractivity contribution is 5.69. The fourth-order valence-electron chi connectivity index (χ4n) is 2.52. The molecule has 0 unspecified atom stereocenters. The van der Waals surface area contributed by atoms with E-state index in [9.17, 15) is 26.3 Å². The minimum absolute atomic E-state index is 0.0573. The van der Waals surface area contributed by atoms with E-state index in [1.54, 1.807) is 0 Å². The average molecular weight is 398 g/mol. The second kappa shape index (κ2) is 7.14. The zero-order chi connectivity index (χ0) is 20.5. The second-order valence-corrected chi connectivity index (χ2v) is 5.76. The number of nitrogens with zero attached hydrogens (tertiary/aromatic N) is 2. The van der Waals surface area contributed by atoms with E-state index in [1.165, 1.54) is 37.6 Å². The molecule has 0 aliphatic carbocycles. The maximum Gasteiger partial charge on any atom is 0.416 e. The Morgan fingerprint density at radius 2 is 1.43 bits per heavy atom. The third kappa shape index (κ3) is 4.08. The SMILES string of the molecule is COc1cnc(-c2ccc(C(F)(F)F)cc2)nc1-c1cccc(C(F)(F)F)c1. The van der Waals surface area contributed by atoms with Crippen LogP contribution >= 0.6 is 0 Å². The van der Waals surface area contributed by atoms with Gasteiger partial charge in [-0.3, -0.25) is 0 Å². The molecule has 0 saturated carbocycles. The van der Waals surface area contributed by atoms with Crippen LogP contribution in [0.5, 0.6) is 5.75 Å². The summed E-state index contributed by atoms with van der Waals surface area (Å²) in [6.45, 7) is 0. The van der Waals surface area contributed by atoms with Crippen molar-refractivity contribution in [2.75, 3.05) is 7.11 Å². The largest absolute Gasteiger partial charge is 0.493 e. The van der Waals surface area contributed by atoms with Crippen LogP contribution < -0.4 is 4.74 Å². The highest BCUT2D eigenvalue weighted by Gasteiger charge is 2.31. The lowest BCUT2D eigenvalue weighted by atomic mass is 10.1. The molecule has 3 rings (SSSR count). The normalized spacial score (nSPS) is 12.1. The summed E-state index contributed by atoms with van der Waals surface area (Å²) in [7, 11) is 1.31.